The summed E-state index contributed by atoms with van der Waals surface area (Å²) >= 11 is 1.20. The van der Waals surface area contributed by atoms with Gasteiger partial charge in [-0.25, -0.2) is 5.84 Å². The van der Waals surface area contributed by atoms with Crippen LogP contribution in [0.15, 0.2) is 0 Å². The summed E-state index contributed by atoms with van der Waals surface area (Å²) in [6.45, 7) is 3.36. The van der Waals surface area contributed by atoms with E-state index in [1.165, 1.54) is 11.5 Å². The van der Waals surface area contributed by atoms with Crippen LogP contribution in [-0.2, 0) is 11.3 Å². The molecule has 0 radical (unpaired) electrons. The van der Waals surface area contributed by atoms with Gasteiger partial charge in [0.15, 0.2) is 0 Å². The highest BCUT2D eigenvalue weighted by molar-refractivity contribution is 7.10. The fourth-order valence-electron chi connectivity index (χ4n) is 1.72. The minimum absolute atomic E-state index is 0.179. The maximum absolute atomic E-state index is 11.5. The normalized spacial score (nSPS) is 21.1. The third kappa shape index (κ3) is 2.07. The lowest BCUT2D eigenvalue weighted by Crippen LogP contribution is -2.25. The number of hydrazine groups is 1. The summed E-state index contributed by atoms with van der Waals surface area (Å²) in [6.07, 6.45) is 0.628. The number of amides is 1. The van der Waals surface area contributed by atoms with Crippen molar-refractivity contribution in [2.24, 2.45) is 11.8 Å². The van der Waals surface area contributed by atoms with Crippen molar-refractivity contribution >= 4 is 22.4 Å². The molecule has 1 saturated heterocycles. The topological polar surface area (TPSA) is 84.1 Å². The van der Waals surface area contributed by atoms with Gasteiger partial charge in [-0.3, -0.25) is 4.79 Å². The number of hydrogen-bond donors (Lipinski definition) is 2. The standard InChI is InChI=1S/C8H13N5OS/c1-5-2-7(14)13(3-5)4-6-8(10-9)15-12-11-6/h5,10H,2-4,9H2,1H3. The van der Waals surface area contributed by atoms with Crippen LogP contribution < -0.4 is 11.3 Å². The second-order valence-corrected chi connectivity index (χ2v) is 4.53. The molecule has 6 nitrogen and oxygen atoms in total. The number of rotatable bonds is 3. The van der Waals surface area contributed by atoms with E-state index in [1.807, 2.05) is 0 Å². The Morgan fingerprint density at radius 1 is 1.73 bits per heavy atom. The second kappa shape index (κ2) is 4.11. The molecule has 1 aliphatic rings. The highest BCUT2D eigenvalue weighted by atomic mass is 32.1. The van der Waals surface area contributed by atoms with Crippen LogP contribution >= 0.6 is 11.5 Å². The lowest BCUT2D eigenvalue weighted by atomic mass is 10.2. The molecule has 0 bridgehead atoms. The molecule has 2 heterocycles. The summed E-state index contributed by atoms with van der Waals surface area (Å²) in [5.74, 6) is 5.92. The number of carbonyl (C=O) groups is 1. The average Bonchev–Trinajstić information content (AvgIpc) is 2.74. The van der Waals surface area contributed by atoms with Gasteiger partial charge < -0.3 is 10.3 Å². The highest BCUT2D eigenvalue weighted by Gasteiger charge is 2.27. The van der Waals surface area contributed by atoms with Crippen LogP contribution in [0.3, 0.4) is 0 Å². The molecule has 1 aromatic rings. The molecular weight excluding hydrogens is 214 g/mol. The van der Waals surface area contributed by atoms with Crippen molar-refractivity contribution in [1.29, 1.82) is 0 Å². The Labute approximate surface area is 91.6 Å². The van der Waals surface area contributed by atoms with Crippen LogP contribution in [0, 0.1) is 5.92 Å². The summed E-state index contributed by atoms with van der Waals surface area (Å²) in [4.78, 5) is 13.3. The van der Waals surface area contributed by atoms with Gasteiger partial charge in [0, 0.05) is 24.5 Å². The van der Waals surface area contributed by atoms with Gasteiger partial charge in [-0.15, -0.1) is 5.10 Å². The molecule has 15 heavy (non-hydrogen) atoms. The van der Waals surface area contributed by atoms with Gasteiger partial charge in [-0.2, -0.15) is 0 Å². The number of nitrogens with two attached hydrogens (primary N) is 1. The number of nitrogen functional groups attached to an aromatic ring is 1. The zero-order valence-corrected chi connectivity index (χ0v) is 9.25. The second-order valence-electron chi connectivity index (χ2n) is 3.78. The quantitative estimate of drug-likeness (QED) is 0.569. The van der Waals surface area contributed by atoms with Crippen LogP contribution in [0.2, 0.25) is 0 Å². The summed E-state index contributed by atoms with van der Waals surface area (Å²) in [5.41, 5.74) is 3.27. The van der Waals surface area contributed by atoms with Crippen LogP contribution in [0.25, 0.3) is 0 Å². The highest BCUT2D eigenvalue weighted by Crippen LogP contribution is 2.23. The first-order valence-electron chi connectivity index (χ1n) is 4.76. The van der Waals surface area contributed by atoms with Crippen molar-refractivity contribution in [3.05, 3.63) is 5.69 Å². The Kier molecular flexibility index (Phi) is 2.83. The van der Waals surface area contributed by atoms with E-state index in [9.17, 15) is 4.79 Å². The molecule has 3 N–H and O–H groups in total. The fourth-order valence-corrected chi connectivity index (χ4v) is 2.21. The van der Waals surface area contributed by atoms with E-state index in [2.05, 4.69) is 21.9 Å². The van der Waals surface area contributed by atoms with E-state index in [-0.39, 0.29) is 5.91 Å². The van der Waals surface area contributed by atoms with Crippen LogP contribution in [0.4, 0.5) is 5.00 Å². The maximum Gasteiger partial charge on any atom is 0.223 e. The lowest BCUT2D eigenvalue weighted by molar-refractivity contribution is -0.128. The largest absolute Gasteiger partial charge is 0.336 e. The number of likely N-dealkylation sites (tertiary alicyclic amines) is 1. The Morgan fingerprint density at radius 2 is 2.53 bits per heavy atom. The predicted molar refractivity (Wildman–Crippen MR) is 56.9 cm³/mol. The summed E-state index contributed by atoms with van der Waals surface area (Å²) in [6, 6.07) is 0. The lowest BCUT2D eigenvalue weighted by Gasteiger charge is -2.14. The molecule has 82 valence electrons. The van der Waals surface area contributed by atoms with Gasteiger partial charge in [0.25, 0.3) is 0 Å². The molecule has 1 aromatic heterocycles. The molecule has 0 aliphatic carbocycles. The van der Waals surface area contributed by atoms with E-state index >= 15 is 0 Å². The van der Waals surface area contributed by atoms with Crippen LogP contribution in [0.1, 0.15) is 19.0 Å². The van der Waals surface area contributed by atoms with Crippen molar-refractivity contribution in [3.8, 4) is 0 Å². The average molecular weight is 227 g/mol. The number of anilines is 1. The van der Waals surface area contributed by atoms with Gasteiger partial charge in [0.05, 0.1) is 6.54 Å². The summed E-state index contributed by atoms with van der Waals surface area (Å²) in [7, 11) is 0. The molecule has 1 aliphatic heterocycles. The molecule has 0 spiro atoms. The van der Waals surface area contributed by atoms with Crippen molar-refractivity contribution in [2.45, 2.75) is 19.9 Å². The smallest absolute Gasteiger partial charge is 0.223 e. The van der Waals surface area contributed by atoms with Gasteiger partial charge in [-0.1, -0.05) is 11.4 Å². The number of nitrogens with zero attached hydrogens (tertiary/aromatic N) is 3. The molecule has 0 saturated carbocycles. The van der Waals surface area contributed by atoms with Crippen molar-refractivity contribution in [3.63, 3.8) is 0 Å². The first-order valence-corrected chi connectivity index (χ1v) is 5.53. The Bertz CT molecular complexity index is 366. The predicted octanol–water partition coefficient (Wildman–Crippen LogP) is 0.192. The molecule has 2 rings (SSSR count). The van der Waals surface area contributed by atoms with Crippen LogP contribution in [-0.4, -0.2) is 26.9 Å². The third-order valence-electron chi connectivity index (χ3n) is 2.44. The maximum atomic E-state index is 11.5. The van der Waals surface area contributed by atoms with Crippen molar-refractivity contribution < 1.29 is 4.79 Å². The molecule has 7 heteroatoms. The number of aromatic nitrogens is 2. The van der Waals surface area contributed by atoms with E-state index in [0.717, 1.165) is 17.2 Å². The van der Waals surface area contributed by atoms with Crippen LogP contribution in [0.5, 0.6) is 0 Å². The number of hydrogen-bond acceptors (Lipinski definition) is 6. The van der Waals surface area contributed by atoms with E-state index in [1.54, 1.807) is 4.90 Å². The molecule has 1 fully saturated rings. The molecule has 0 aromatic carbocycles. The molecule has 1 atom stereocenters. The van der Waals surface area contributed by atoms with E-state index < -0.39 is 0 Å². The molecule has 1 amide bonds. The molecule has 1 unspecified atom stereocenters. The number of carbonyl (C=O) groups excluding carboxylic acids is 1. The van der Waals surface area contributed by atoms with Gasteiger partial charge >= 0.3 is 0 Å². The Morgan fingerprint density at radius 3 is 3.13 bits per heavy atom. The first-order chi connectivity index (χ1) is 7.20. The minimum Gasteiger partial charge on any atom is -0.336 e. The Hall–Kier alpha value is -1.21. The third-order valence-corrected chi connectivity index (χ3v) is 3.13. The molecular formula is C8H13N5OS. The van der Waals surface area contributed by atoms with Gasteiger partial charge in [0.2, 0.25) is 5.91 Å². The zero-order chi connectivity index (χ0) is 10.8. The Balaban J connectivity index is 2.06. The number of nitrogens with one attached hydrogen (secondary N) is 1. The first kappa shape index (κ1) is 10.3. The van der Waals surface area contributed by atoms with E-state index in [0.29, 0.717) is 18.9 Å². The van der Waals surface area contributed by atoms with Crippen molar-refractivity contribution in [1.82, 2.24) is 14.5 Å². The monoisotopic (exact) mass is 227 g/mol. The van der Waals surface area contributed by atoms with E-state index in [4.69, 9.17) is 5.84 Å². The zero-order valence-electron chi connectivity index (χ0n) is 8.43. The van der Waals surface area contributed by atoms with Gasteiger partial charge in [-0.05, 0) is 5.92 Å². The SMILES string of the molecule is CC1CC(=O)N(Cc2nnsc2NN)C1. The van der Waals surface area contributed by atoms with Gasteiger partial charge in [0.1, 0.15) is 10.7 Å². The summed E-state index contributed by atoms with van der Waals surface area (Å²) in [5, 5.41) is 4.67. The van der Waals surface area contributed by atoms with Crippen molar-refractivity contribution in [2.75, 3.05) is 12.0 Å². The fraction of sp³-hybridized carbons (Fsp3) is 0.625. The summed E-state index contributed by atoms with van der Waals surface area (Å²) < 4.78 is 3.79. The minimum atomic E-state index is 0.179.